The van der Waals surface area contributed by atoms with Crippen LogP contribution in [0.5, 0.6) is 17.2 Å². The van der Waals surface area contributed by atoms with Crippen LogP contribution in [0.2, 0.25) is 0 Å². The van der Waals surface area contributed by atoms with Gasteiger partial charge in [0.15, 0.2) is 17.2 Å². The van der Waals surface area contributed by atoms with Gasteiger partial charge in [0, 0.05) is 10.8 Å². The summed E-state index contributed by atoms with van der Waals surface area (Å²) in [5, 5.41) is 13.0. The van der Waals surface area contributed by atoms with E-state index in [1.807, 2.05) is 6.07 Å². The molecule has 0 saturated carbocycles. The summed E-state index contributed by atoms with van der Waals surface area (Å²) < 4.78 is 10.4. The zero-order valence-corrected chi connectivity index (χ0v) is 8.61. The summed E-state index contributed by atoms with van der Waals surface area (Å²) in [6.45, 7) is 0. The second kappa shape index (κ2) is 3.69. The van der Waals surface area contributed by atoms with Crippen LogP contribution in [0.15, 0.2) is 30.3 Å². The Bertz CT molecular complexity index is 491. The summed E-state index contributed by atoms with van der Waals surface area (Å²) in [4.78, 5) is 0. The maximum Gasteiger partial charge on any atom is 0.186 e. The van der Waals surface area contributed by atoms with Gasteiger partial charge >= 0.3 is 0 Å². The molecule has 1 radical (unpaired) electrons. The number of methoxy groups -OCH3 is 2. The minimum absolute atomic E-state index is 0.00606. The molecule has 3 heteroatoms. The Morgan fingerprint density at radius 1 is 0.933 bits per heavy atom. The monoisotopic (exact) mass is 203 g/mol. The first-order chi connectivity index (χ1) is 7.27. The molecular formula is C12H11O3. The molecule has 0 spiro atoms. The van der Waals surface area contributed by atoms with Gasteiger partial charge in [-0.1, -0.05) is 12.1 Å². The van der Waals surface area contributed by atoms with Crippen LogP contribution in [0.4, 0.5) is 0 Å². The minimum atomic E-state index is -0.00606. The molecular weight excluding hydrogens is 192 g/mol. The first-order valence-electron chi connectivity index (χ1n) is 4.58. The third kappa shape index (κ3) is 1.46. The average Bonchev–Trinajstić information content (AvgIpc) is 2.28. The third-order valence-corrected chi connectivity index (χ3v) is 2.36. The Morgan fingerprint density at radius 2 is 1.73 bits per heavy atom. The van der Waals surface area contributed by atoms with Gasteiger partial charge in [-0.25, -0.2) is 0 Å². The van der Waals surface area contributed by atoms with E-state index >= 15 is 0 Å². The van der Waals surface area contributed by atoms with Crippen LogP contribution in [-0.2, 0) is 5.11 Å². The Kier molecular flexibility index (Phi) is 2.37. The maximum absolute atomic E-state index is 11.6. The van der Waals surface area contributed by atoms with Gasteiger partial charge in [0.2, 0.25) is 0 Å². The van der Waals surface area contributed by atoms with Crippen LogP contribution >= 0.6 is 0 Å². The van der Waals surface area contributed by atoms with Gasteiger partial charge in [-0.3, -0.25) is 5.11 Å². The molecule has 3 nitrogen and oxygen atoms in total. The number of ether oxygens (including phenoxy) is 2. The Hall–Kier alpha value is -1.90. The first kappa shape index (κ1) is 9.65. The molecule has 0 aliphatic rings. The van der Waals surface area contributed by atoms with Crippen LogP contribution in [0.25, 0.3) is 10.8 Å². The molecule has 0 unspecified atom stereocenters. The first-order valence-corrected chi connectivity index (χ1v) is 4.58. The molecule has 2 aromatic rings. The lowest BCUT2D eigenvalue weighted by molar-refractivity contribution is 0.355. The smallest absolute Gasteiger partial charge is 0.186 e. The van der Waals surface area contributed by atoms with Crippen LogP contribution in [0, 0.1) is 0 Å². The number of fused-ring (bicyclic) bond motifs is 1. The molecule has 0 aliphatic heterocycles. The number of hydrogen-bond donors (Lipinski definition) is 0. The van der Waals surface area contributed by atoms with Crippen molar-refractivity contribution < 1.29 is 14.6 Å². The molecule has 15 heavy (non-hydrogen) atoms. The highest BCUT2D eigenvalue weighted by molar-refractivity contribution is 5.94. The average molecular weight is 203 g/mol. The normalized spacial score (nSPS) is 10.3. The highest BCUT2D eigenvalue weighted by atomic mass is 16.5. The summed E-state index contributed by atoms with van der Waals surface area (Å²) in [6.07, 6.45) is 0. The van der Waals surface area contributed by atoms with E-state index in [9.17, 15) is 5.11 Å². The lowest BCUT2D eigenvalue weighted by Crippen LogP contribution is -1.91. The van der Waals surface area contributed by atoms with Crippen molar-refractivity contribution in [2.45, 2.75) is 0 Å². The molecule has 0 amide bonds. The van der Waals surface area contributed by atoms with E-state index in [0.717, 1.165) is 5.39 Å². The van der Waals surface area contributed by atoms with Crippen molar-refractivity contribution in [2.24, 2.45) is 0 Å². The molecule has 0 bridgehead atoms. The van der Waals surface area contributed by atoms with Crippen LogP contribution in [-0.4, -0.2) is 14.2 Å². The Morgan fingerprint density at radius 3 is 2.40 bits per heavy atom. The van der Waals surface area contributed by atoms with Crippen molar-refractivity contribution in [3.05, 3.63) is 30.3 Å². The highest BCUT2D eigenvalue weighted by Gasteiger charge is 2.10. The minimum Gasteiger partial charge on any atom is -0.493 e. The zero-order valence-electron chi connectivity index (χ0n) is 8.61. The van der Waals surface area contributed by atoms with Crippen LogP contribution in [0.1, 0.15) is 0 Å². The lowest BCUT2D eigenvalue weighted by Gasteiger charge is -2.10. The molecule has 2 aromatic carbocycles. The fourth-order valence-electron chi connectivity index (χ4n) is 1.65. The van der Waals surface area contributed by atoms with Crippen molar-refractivity contribution in [1.82, 2.24) is 0 Å². The van der Waals surface area contributed by atoms with E-state index in [-0.39, 0.29) is 5.75 Å². The quantitative estimate of drug-likeness (QED) is 0.752. The van der Waals surface area contributed by atoms with Crippen molar-refractivity contribution in [3.63, 3.8) is 0 Å². The van der Waals surface area contributed by atoms with E-state index in [1.54, 1.807) is 32.4 Å². The molecule has 0 N–H and O–H groups in total. The van der Waals surface area contributed by atoms with Gasteiger partial charge < -0.3 is 9.47 Å². The lowest BCUT2D eigenvalue weighted by atomic mass is 10.1. The van der Waals surface area contributed by atoms with Gasteiger partial charge in [0.05, 0.1) is 14.2 Å². The van der Waals surface area contributed by atoms with Crippen molar-refractivity contribution in [1.29, 1.82) is 0 Å². The van der Waals surface area contributed by atoms with E-state index in [4.69, 9.17) is 9.47 Å². The summed E-state index contributed by atoms with van der Waals surface area (Å²) >= 11 is 0. The number of rotatable bonds is 2. The van der Waals surface area contributed by atoms with Gasteiger partial charge in [0.1, 0.15) is 0 Å². The second-order valence-corrected chi connectivity index (χ2v) is 3.15. The van der Waals surface area contributed by atoms with Crippen molar-refractivity contribution in [3.8, 4) is 17.2 Å². The molecule has 0 fully saturated rings. The largest absolute Gasteiger partial charge is 0.493 e. The fraction of sp³-hybridized carbons (Fsp3) is 0.167. The predicted octanol–water partition coefficient (Wildman–Crippen LogP) is 3.00. The Labute approximate surface area is 87.9 Å². The topological polar surface area (TPSA) is 38.4 Å². The van der Waals surface area contributed by atoms with Gasteiger partial charge in [-0.2, -0.15) is 0 Å². The zero-order chi connectivity index (χ0) is 10.8. The standard InChI is InChI=1S/C12H11O3/c1-14-11-7-6-8-9(12(11)15-2)4-3-5-10(8)13/h3-7H,1-2H3. The third-order valence-electron chi connectivity index (χ3n) is 2.36. The van der Waals surface area contributed by atoms with Gasteiger partial charge in [0.25, 0.3) is 0 Å². The molecule has 0 atom stereocenters. The van der Waals surface area contributed by atoms with E-state index < -0.39 is 0 Å². The second-order valence-electron chi connectivity index (χ2n) is 3.15. The summed E-state index contributed by atoms with van der Waals surface area (Å²) in [6, 6.07) is 8.58. The molecule has 2 rings (SSSR count). The van der Waals surface area contributed by atoms with E-state index in [0.29, 0.717) is 16.9 Å². The summed E-state index contributed by atoms with van der Waals surface area (Å²) in [5.74, 6) is 1.23. The van der Waals surface area contributed by atoms with Crippen molar-refractivity contribution in [2.75, 3.05) is 14.2 Å². The molecule has 0 heterocycles. The summed E-state index contributed by atoms with van der Waals surface area (Å²) in [7, 11) is 3.14. The van der Waals surface area contributed by atoms with Crippen LogP contribution in [0.3, 0.4) is 0 Å². The molecule has 0 aromatic heterocycles. The Balaban J connectivity index is 2.82. The van der Waals surface area contributed by atoms with E-state index in [1.165, 1.54) is 6.07 Å². The SMILES string of the molecule is COc1ccc2c([O])cccc2c1OC. The highest BCUT2D eigenvalue weighted by Crippen LogP contribution is 2.38. The molecule has 77 valence electrons. The number of hydrogen-bond acceptors (Lipinski definition) is 2. The fourth-order valence-corrected chi connectivity index (χ4v) is 1.65. The summed E-state index contributed by atoms with van der Waals surface area (Å²) in [5.41, 5.74) is 0. The molecule has 0 saturated heterocycles. The van der Waals surface area contributed by atoms with Gasteiger partial charge in [-0.15, -0.1) is 0 Å². The molecule has 0 aliphatic carbocycles. The van der Waals surface area contributed by atoms with E-state index in [2.05, 4.69) is 0 Å². The van der Waals surface area contributed by atoms with Crippen LogP contribution < -0.4 is 9.47 Å². The predicted molar refractivity (Wildman–Crippen MR) is 57.2 cm³/mol. The number of benzene rings is 2. The van der Waals surface area contributed by atoms with Gasteiger partial charge in [-0.05, 0) is 18.2 Å². The maximum atomic E-state index is 11.6. The van der Waals surface area contributed by atoms with Crippen molar-refractivity contribution >= 4 is 10.8 Å².